The monoisotopic (exact) mass is 248 g/mol. The van der Waals surface area contributed by atoms with Gasteiger partial charge in [-0.15, -0.1) is 0 Å². The number of piperidine rings is 1. The van der Waals surface area contributed by atoms with Gasteiger partial charge in [0.1, 0.15) is 5.75 Å². The standard InChI is InChI=1S/C14H20N2O2/c1-10-5-6-12(13(17)8-10)14(18)15-11-4-3-7-16(2)9-11/h5-6,8,11,17H,3-4,7,9H2,1-2H3,(H,15,18). The lowest BCUT2D eigenvalue weighted by molar-refractivity contribution is 0.0910. The highest BCUT2D eigenvalue weighted by Gasteiger charge is 2.20. The minimum absolute atomic E-state index is 0.0525. The maximum Gasteiger partial charge on any atom is 0.255 e. The van der Waals surface area contributed by atoms with Crippen LogP contribution in [0.15, 0.2) is 18.2 Å². The molecule has 0 spiro atoms. The number of benzene rings is 1. The average molecular weight is 248 g/mol. The van der Waals surface area contributed by atoms with Crippen molar-refractivity contribution < 1.29 is 9.90 Å². The zero-order valence-corrected chi connectivity index (χ0v) is 10.9. The molecular formula is C14H20N2O2. The Morgan fingerprint density at radius 3 is 2.94 bits per heavy atom. The molecule has 2 rings (SSSR count). The highest BCUT2D eigenvalue weighted by atomic mass is 16.3. The van der Waals surface area contributed by atoms with Gasteiger partial charge in [0.2, 0.25) is 0 Å². The number of nitrogens with zero attached hydrogens (tertiary/aromatic N) is 1. The van der Waals surface area contributed by atoms with E-state index in [-0.39, 0.29) is 17.7 Å². The van der Waals surface area contributed by atoms with Crippen molar-refractivity contribution in [1.29, 1.82) is 0 Å². The number of likely N-dealkylation sites (N-methyl/N-ethyl adjacent to an activating group) is 1. The third-order valence-corrected chi connectivity index (χ3v) is 3.36. The zero-order chi connectivity index (χ0) is 13.1. The first-order chi connectivity index (χ1) is 8.56. The third kappa shape index (κ3) is 3.01. The van der Waals surface area contributed by atoms with Crippen LogP contribution in [0.1, 0.15) is 28.8 Å². The van der Waals surface area contributed by atoms with Crippen LogP contribution in [0.25, 0.3) is 0 Å². The van der Waals surface area contributed by atoms with Gasteiger partial charge in [0.15, 0.2) is 0 Å². The van der Waals surface area contributed by atoms with Crippen LogP contribution in [0.4, 0.5) is 0 Å². The molecule has 0 bridgehead atoms. The van der Waals surface area contributed by atoms with Crippen LogP contribution in [-0.2, 0) is 0 Å². The van der Waals surface area contributed by atoms with Crippen molar-refractivity contribution in [1.82, 2.24) is 10.2 Å². The lowest BCUT2D eigenvalue weighted by Gasteiger charge is -2.30. The molecule has 4 nitrogen and oxygen atoms in total. The Balaban J connectivity index is 2.03. The summed E-state index contributed by atoms with van der Waals surface area (Å²) in [6.07, 6.45) is 2.10. The summed E-state index contributed by atoms with van der Waals surface area (Å²) in [7, 11) is 2.06. The number of likely N-dealkylation sites (tertiary alicyclic amines) is 1. The predicted octanol–water partition coefficient (Wildman–Crippen LogP) is 1.52. The average Bonchev–Trinajstić information content (AvgIpc) is 2.28. The second kappa shape index (κ2) is 5.40. The molecule has 1 aromatic carbocycles. The number of phenolic OH excluding ortho intramolecular Hbond substituents is 1. The summed E-state index contributed by atoms with van der Waals surface area (Å²) in [6.45, 7) is 3.85. The van der Waals surface area contributed by atoms with Crippen molar-refractivity contribution in [2.75, 3.05) is 20.1 Å². The molecule has 1 amide bonds. The first-order valence-electron chi connectivity index (χ1n) is 6.35. The Kier molecular flexibility index (Phi) is 3.87. The molecule has 1 aromatic rings. The van der Waals surface area contributed by atoms with E-state index in [1.165, 1.54) is 0 Å². The minimum Gasteiger partial charge on any atom is -0.507 e. The first-order valence-corrected chi connectivity index (χ1v) is 6.35. The predicted molar refractivity (Wildman–Crippen MR) is 70.8 cm³/mol. The van der Waals surface area contributed by atoms with Gasteiger partial charge in [-0.05, 0) is 51.1 Å². The van der Waals surface area contributed by atoms with Crippen molar-refractivity contribution in [2.45, 2.75) is 25.8 Å². The molecule has 1 unspecified atom stereocenters. The number of rotatable bonds is 2. The van der Waals surface area contributed by atoms with Gasteiger partial charge in [-0.3, -0.25) is 4.79 Å². The summed E-state index contributed by atoms with van der Waals surface area (Å²) in [4.78, 5) is 14.3. The molecule has 98 valence electrons. The smallest absolute Gasteiger partial charge is 0.255 e. The van der Waals surface area contributed by atoms with Gasteiger partial charge in [0.05, 0.1) is 5.56 Å². The zero-order valence-electron chi connectivity index (χ0n) is 10.9. The van der Waals surface area contributed by atoms with Gasteiger partial charge >= 0.3 is 0 Å². The Hall–Kier alpha value is -1.55. The number of carbonyl (C=O) groups excluding carboxylic acids is 1. The Morgan fingerprint density at radius 1 is 1.50 bits per heavy atom. The van der Waals surface area contributed by atoms with Gasteiger partial charge in [-0.1, -0.05) is 6.07 Å². The molecule has 1 fully saturated rings. The van der Waals surface area contributed by atoms with Crippen molar-refractivity contribution in [3.8, 4) is 5.75 Å². The molecule has 1 saturated heterocycles. The van der Waals surface area contributed by atoms with Crippen LogP contribution in [0.2, 0.25) is 0 Å². The van der Waals surface area contributed by atoms with E-state index >= 15 is 0 Å². The number of aromatic hydroxyl groups is 1. The van der Waals surface area contributed by atoms with Crippen LogP contribution in [0, 0.1) is 6.92 Å². The number of hydrogen-bond acceptors (Lipinski definition) is 3. The van der Waals surface area contributed by atoms with E-state index in [2.05, 4.69) is 17.3 Å². The van der Waals surface area contributed by atoms with E-state index < -0.39 is 0 Å². The SMILES string of the molecule is Cc1ccc(C(=O)NC2CCCN(C)C2)c(O)c1. The van der Waals surface area contributed by atoms with Gasteiger partial charge in [-0.25, -0.2) is 0 Å². The fourth-order valence-electron chi connectivity index (χ4n) is 2.38. The van der Waals surface area contributed by atoms with E-state index in [9.17, 15) is 9.90 Å². The summed E-state index contributed by atoms with van der Waals surface area (Å²) in [5.74, 6) is -0.135. The summed E-state index contributed by atoms with van der Waals surface area (Å²) < 4.78 is 0. The second-order valence-corrected chi connectivity index (χ2v) is 5.10. The topological polar surface area (TPSA) is 52.6 Å². The largest absolute Gasteiger partial charge is 0.507 e. The molecule has 0 aromatic heterocycles. The number of aryl methyl sites for hydroxylation is 1. The summed E-state index contributed by atoms with van der Waals surface area (Å²) in [5.41, 5.74) is 1.30. The van der Waals surface area contributed by atoms with Crippen molar-refractivity contribution in [3.63, 3.8) is 0 Å². The molecule has 0 aliphatic carbocycles. The number of carbonyl (C=O) groups is 1. The van der Waals surface area contributed by atoms with Crippen LogP contribution < -0.4 is 5.32 Å². The Labute approximate surface area is 108 Å². The maximum atomic E-state index is 12.1. The van der Waals surface area contributed by atoms with E-state index in [4.69, 9.17) is 0 Å². The van der Waals surface area contributed by atoms with Crippen molar-refractivity contribution >= 4 is 5.91 Å². The second-order valence-electron chi connectivity index (χ2n) is 5.10. The Morgan fingerprint density at radius 2 is 2.28 bits per heavy atom. The highest BCUT2D eigenvalue weighted by Crippen LogP contribution is 2.19. The van der Waals surface area contributed by atoms with Gasteiger partial charge in [-0.2, -0.15) is 0 Å². The molecule has 1 aliphatic rings. The summed E-state index contributed by atoms with van der Waals surface area (Å²) in [5, 5.41) is 12.8. The quantitative estimate of drug-likeness (QED) is 0.834. The van der Waals surface area contributed by atoms with Gasteiger partial charge in [0.25, 0.3) is 5.91 Å². The van der Waals surface area contributed by atoms with Gasteiger partial charge in [0, 0.05) is 12.6 Å². The number of phenols is 1. The molecule has 0 radical (unpaired) electrons. The van der Waals surface area contributed by atoms with E-state index in [0.29, 0.717) is 5.56 Å². The van der Waals surface area contributed by atoms with Crippen LogP contribution in [-0.4, -0.2) is 42.1 Å². The fraction of sp³-hybridized carbons (Fsp3) is 0.500. The van der Waals surface area contributed by atoms with E-state index in [1.807, 2.05) is 13.0 Å². The van der Waals surface area contributed by atoms with Gasteiger partial charge < -0.3 is 15.3 Å². The number of nitrogens with one attached hydrogen (secondary N) is 1. The van der Waals surface area contributed by atoms with Crippen LogP contribution in [0.5, 0.6) is 5.75 Å². The number of hydrogen-bond donors (Lipinski definition) is 2. The summed E-state index contributed by atoms with van der Waals surface area (Å²) >= 11 is 0. The maximum absolute atomic E-state index is 12.1. The molecule has 18 heavy (non-hydrogen) atoms. The van der Waals surface area contributed by atoms with E-state index in [1.54, 1.807) is 12.1 Å². The van der Waals surface area contributed by atoms with Crippen molar-refractivity contribution in [3.05, 3.63) is 29.3 Å². The molecular weight excluding hydrogens is 228 g/mol. The first kappa shape index (κ1) is 12.9. The third-order valence-electron chi connectivity index (χ3n) is 3.36. The molecule has 1 atom stereocenters. The van der Waals surface area contributed by atoms with Crippen molar-refractivity contribution in [2.24, 2.45) is 0 Å². The van der Waals surface area contributed by atoms with Crippen LogP contribution >= 0.6 is 0 Å². The molecule has 1 aliphatic heterocycles. The molecule has 0 saturated carbocycles. The van der Waals surface area contributed by atoms with Crippen LogP contribution in [0.3, 0.4) is 0 Å². The molecule has 4 heteroatoms. The molecule has 1 heterocycles. The molecule has 2 N–H and O–H groups in total. The Bertz CT molecular complexity index is 445. The normalized spacial score (nSPS) is 20.7. The minimum atomic E-state index is -0.187. The van der Waals surface area contributed by atoms with E-state index in [0.717, 1.165) is 31.5 Å². The lowest BCUT2D eigenvalue weighted by Crippen LogP contribution is -2.46. The lowest BCUT2D eigenvalue weighted by atomic mass is 10.0. The summed E-state index contributed by atoms with van der Waals surface area (Å²) in [6, 6.07) is 5.30. The number of amides is 1. The fourth-order valence-corrected chi connectivity index (χ4v) is 2.38. The highest BCUT2D eigenvalue weighted by molar-refractivity contribution is 5.97.